The Morgan fingerprint density at radius 3 is 2.70 bits per heavy atom. The number of nitro groups is 1. The predicted molar refractivity (Wildman–Crippen MR) is 103 cm³/mol. The number of benzene rings is 2. The molecule has 1 heterocycles. The van der Waals surface area contributed by atoms with Crippen molar-refractivity contribution in [3.8, 4) is 5.75 Å². The Bertz CT molecular complexity index is 834. The average Bonchev–Trinajstić information content (AvgIpc) is 2.68. The second-order valence-corrected chi connectivity index (χ2v) is 6.30. The fourth-order valence-electron chi connectivity index (χ4n) is 2.98. The molecule has 0 aromatic heterocycles. The number of aryl methyl sites for hydroxylation is 1. The van der Waals surface area contributed by atoms with Crippen molar-refractivity contribution in [1.29, 1.82) is 0 Å². The van der Waals surface area contributed by atoms with Gasteiger partial charge in [-0.3, -0.25) is 14.9 Å². The summed E-state index contributed by atoms with van der Waals surface area (Å²) in [5.74, 6) is 0.259. The molecule has 0 aliphatic carbocycles. The second kappa shape index (κ2) is 8.50. The molecule has 3 rings (SSSR count). The van der Waals surface area contributed by atoms with E-state index in [1.165, 1.54) is 6.07 Å². The average molecular weight is 370 g/mol. The van der Waals surface area contributed by atoms with Crippen LogP contribution in [0.15, 0.2) is 42.5 Å². The normalized spacial score (nSPS) is 13.9. The molecule has 1 aliphatic rings. The van der Waals surface area contributed by atoms with Crippen molar-refractivity contribution in [2.75, 3.05) is 43.0 Å². The zero-order chi connectivity index (χ0) is 19.2. The minimum atomic E-state index is -0.420. The zero-order valence-corrected chi connectivity index (χ0v) is 15.1. The molecule has 1 aliphatic heterocycles. The molecule has 2 aromatic rings. The number of ether oxygens (including phenoxy) is 1. The van der Waals surface area contributed by atoms with Crippen LogP contribution < -0.4 is 20.3 Å². The largest absolute Gasteiger partial charge is 0.483 e. The third-order valence-electron chi connectivity index (χ3n) is 4.37. The molecule has 2 N–H and O–H groups in total. The maximum absolute atomic E-state index is 12.1. The van der Waals surface area contributed by atoms with Crippen LogP contribution in [-0.2, 0) is 4.79 Å². The van der Waals surface area contributed by atoms with E-state index in [0.29, 0.717) is 30.2 Å². The van der Waals surface area contributed by atoms with Crippen LogP contribution in [0.3, 0.4) is 0 Å². The molecule has 8 nitrogen and oxygen atoms in total. The van der Waals surface area contributed by atoms with E-state index in [1.807, 2.05) is 30.0 Å². The molecular formula is C19H22N4O4. The summed E-state index contributed by atoms with van der Waals surface area (Å²) in [6.07, 6.45) is 0. The van der Waals surface area contributed by atoms with Crippen LogP contribution in [0.2, 0.25) is 0 Å². The highest BCUT2D eigenvalue weighted by molar-refractivity contribution is 5.92. The molecule has 8 heteroatoms. The summed E-state index contributed by atoms with van der Waals surface area (Å²) in [6.45, 7) is 4.70. The number of carbonyl (C=O) groups excluding carboxylic acids is 1. The number of hydrogen-bond acceptors (Lipinski definition) is 6. The Balaban J connectivity index is 1.67. The molecule has 0 spiro atoms. The van der Waals surface area contributed by atoms with Gasteiger partial charge in [-0.15, -0.1) is 0 Å². The minimum Gasteiger partial charge on any atom is -0.483 e. The first-order valence-electron chi connectivity index (χ1n) is 8.77. The molecule has 0 saturated carbocycles. The molecular weight excluding hydrogens is 348 g/mol. The molecule has 0 atom stereocenters. The van der Waals surface area contributed by atoms with Gasteiger partial charge in [0.15, 0.2) is 6.61 Å². The summed E-state index contributed by atoms with van der Waals surface area (Å²) < 4.78 is 5.51. The van der Waals surface area contributed by atoms with Crippen LogP contribution in [0.4, 0.5) is 17.1 Å². The molecule has 1 saturated heterocycles. The van der Waals surface area contributed by atoms with Gasteiger partial charge in [0.05, 0.1) is 4.92 Å². The number of nitrogens with one attached hydrogen (secondary N) is 2. The van der Waals surface area contributed by atoms with Crippen LogP contribution in [0.25, 0.3) is 0 Å². The number of para-hydroxylation sites is 1. The van der Waals surface area contributed by atoms with Crippen molar-refractivity contribution in [1.82, 2.24) is 5.32 Å². The van der Waals surface area contributed by atoms with Crippen molar-refractivity contribution in [3.05, 3.63) is 58.1 Å². The smallest absolute Gasteiger partial charge is 0.294 e. The van der Waals surface area contributed by atoms with E-state index in [0.717, 1.165) is 18.7 Å². The zero-order valence-electron chi connectivity index (χ0n) is 15.1. The summed E-state index contributed by atoms with van der Waals surface area (Å²) in [4.78, 5) is 25.2. The van der Waals surface area contributed by atoms with Gasteiger partial charge in [-0.05, 0) is 30.7 Å². The van der Waals surface area contributed by atoms with E-state index in [9.17, 15) is 14.9 Å². The number of anilines is 2. The van der Waals surface area contributed by atoms with Crippen molar-refractivity contribution in [2.45, 2.75) is 6.92 Å². The van der Waals surface area contributed by atoms with Crippen molar-refractivity contribution < 1.29 is 14.5 Å². The monoisotopic (exact) mass is 370 g/mol. The molecule has 1 amide bonds. The third kappa shape index (κ3) is 4.73. The second-order valence-electron chi connectivity index (χ2n) is 6.30. The summed E-state index contributed by atoms with van der Waals surface area (Å²) in [5.41, 5.74) is 1.85. The SMILES string of the molecule is Cc1ccccc1OCC(=O)Nc1ccc(N2CCNCC2)c([N+](=O)[O-])c1. The van der Waals surface area contributed by atoms with Gasteiger partial charge < -0.3 is 20.3 Å². The highest BCUT2D eigenvalue weighted by Crippen LogP contribution is 2.31. The lowest BCUT2D eigenvalue weighted by molar-refractivity contribution is -0.384. The third-order valence-corrected chi connectivity index (χ3v) is 4.37. The number of nitro benzene ring substituents is 1. The van der Waals surface area contributed by atoms with Crippen LogP contribution >= 0.6 is 0 Å². The fourth-order valence-corrected chi connectivity index (χ4v) is 2.98. The molecule has 1 fully saturated rings. The standard InChI is InChI=1S/C19H22N4O4/c1-14-4-2-3-5-18(14)27-13-19(24)21-15-6-7-16(17(12-15)23(25)26)22-10-8-20-9-11-22/h2-7,12,20H,8-11,13H2,1H3,(H,21,24). The molecule has 0 radical (unpaired) electrons. The lowest BCUT2D eigenvalue weighted by Gasteiger charge is -2.29. The topological polar surface area (TPSA) is 96.7 Å². The van der Waals surface area contributed by atoms with Crippen LogP contribution in [-0.4, -0.2) is 43.6 Å². The fraction of sp³-hybridized carbons (Fsp3) is 0.316. The van der Waals surface area contributed by atoms with E-state index in [2.05, 4.69) is 10.6 Å². The molecule has 142 valence electrons. The van der Waals surface area contributed by atoms with Gasteiger partial charge in [0.25, 0.3) is 11.6 Å². The van der Waals surface area contributed by atoms with Gasteiger partial charge in [0.2, 0.25) is 0 Å². The van der Waals surface area contributed by atoms with E-state index in [-0.39, 0.29) is 18.2 Å². The van der Waals surface area contributed by atoms with Gasteiger partial charge >= 0.3 is 0 Å². The van der Waals surface area contributed by atoms with Gasteiger partial charge in [0.1, 0.15) is 11.4 Å². The van der Waals surface area contributed by atoms with Crippen molar-refractivity contribution in [2.24, 2.45) is 0 Å². The van der Waals surface area contributed by atoms with Gasteiger partial charge in [-0.2, -0.15) is 0 Å². The van der Waals surface area contributed by atoms with Gasteiger partial charge in [0, 0.05) is 37.9 Å². The molecule has 0 unspecified atom stereocenters. The number of hydrogen-bond donors (Lipinski definition) is 2. The van der Waals surface area contributed by atoms with E-state index >= 15 is 0 Å². The first-order valence-corrected chi connectivity index (χ1v) is 8.77. The number of nitrogens with zero attached hydrogens (tertiary/aromatic N) is 2. The highest BCUT2D eigenvalue weighted by Gasteiger charge is 2.22. The summed E-state index contributed by atoms with van der Waals surface area (Å²) in [6, 6.07) is 12.2. The first kappa shape index (κ1) is 18.7. The van der Waals surface area contributed by atoms with Crippen LogP contribution in [0.5, 0.6) is 5.75 Å². The summed E-state index contributed by atoms with van der Waals surface area (Å²) >= 11 is 0. The molecule has 2 aromatic carbocycles. The van der Waals surface area contributed by atoms with Crippen LogP contribution in [0, 0.1) is 17.0 Å². The number of rotatable bonds is 6. The highest BCUT2D eigenvalue weighted by atomic mass is 16.6. The lowest BCUT2D eigenvalue weighted by atomic mass is 10.2. The van der Waals surface area contributed by atoms with Crippen molar-refractivity contribution >= 4 is 23.0 Å². The maximum Gasteiger partial charge on any atom is 0.294 e. The Hall–Kier alpha value is -3.13. The lowest BCUT2D eigenvalue weighted by Crippen LogP contribution is -2.43. The van der Waals surface area contributed by atoms with Crippen LogP contribution in [0.1, 0.15) is 5.56 Å². The first-order chi connectivity index (χ1) is 13.0. The predicted octanol–water partition coefficient (Wildman–Crippen LogP) is 2.33. The number of amides is 1. The Morgan fingerprint density at radius 2 is 2.00 bits per heavy atom. The summed E-state index contributed by atoms with van der Waals surface area (Å²) in [7, 11) is 0. The van der Waals surface area contributed by atoms with Gasteiger partial charge in [-0.25, -0.2) is 0 Å². The van der Waals surface area contributed by atoms with E-state index < -0.39 is 4.92 Å². The summed E-state index contributed by atoms with van der Waals surface area (Å²) in [5, 5.41) is 17.4. The van der Waals surface area contributed by atoms with E-state index in [4.69, 9.17) is 4.74 Å². The molecule has 0 bridgehead atoms. The Morgan fingerprint density at radius 1 is 1.26 bits per heavy atom. The maximum atomic E-state index is 12.1. The Labute approximate surface area is 157 Å². The Kier molecular flexibility index (Phi) is 5.87. The quantitative estimate of drug-likeness (QED) is 0.598. The molecule has 27 heavy (non-hydrogen) atoms. The number of carbonyl (C=O) groups is 1. The van der Waals surface area contributed by atoms with Crippen molar-refractivity contribution in [3.63, 3.8) is 0 Å². The van der Waals surface area contributed by atoms with Gasteiger partial charge in [-0.1, -0.05) is 18.2 Å². The number of piperazine rings is 1. The minimum absolute atomic E-state index is 0.0190. The van der Waals surface area contributed by atoms with E-state index in [1.54, 1.807) is 18.2 Å².